The molecule has 1 aromatic rings. The summed E-state index contributed by atoms with van der Waals surface area (Å²) in [5.74, 6) is 1.73. The normalized spacial score (nSPS) is 24.9. The fourth-order valence-electron chi connectivity index (χ4n) is 2.12. The van der Waals surface area contributed by atoms with Gasteiger partial charge in [0.2, 0.25) is 5.13 Å². The van der Waals surface area contributed by atoms with Gasteiger partial charge in [-0.2, -0.15) is 4.37 Å². The van der Waals surface area contributed by atoms with Crippen molar-refractivity contribution in [3.8, 4) is 0 Å². The molecule has 2 rings (SSSR count). The van der Waals surface area contributed by atoms with E-state index in [-0.39, 0.29) is 0 Å². The zero-order valence-electron chi connectivity index (χ0n) is 9.90. The summed E-state index contributed by atoms with van der Waals surface area (Å²) in [6, 6.07) is 0.596. The molecular formula is C11H19N3OS. The zero-order valence-corrected chi connectivity index (χ0v) is 10.7. The minimum Gasteiger partial charge on any atom is -0.384 e. The second-order valence-electron chi connectivity index (χ2n) is 4.52. The average Bonchev–Trinajstić information content (AvgIpc) is 2.86. The van der Waals surface area contributed by atoms with E-state index >= 15 is 0 Å². The van der Waals surface area contributed by atoms with Gasteiger partial charge in [0.1, 0.15) is 5.82 Å². The topological polar surface area (TPSA) is 47.0 Å². The highest BCUT2D eigenvalue weighted by atomic mass is 32.1. The van der Waals surface area contributed by atoms with Crippen LogP contribution in [0.3, 0.4) is 0 Å². The monoisotopic (exact) mass is 241 g/mol. The molecule has 0 amide bonds. The first-order valence-electron chi connectivity index (χ1n) is 5.86. The highest BCUT2D eigenvalue weighted by Gasteiger charge is 2.21. The van der Waals surface area contributed by atoms with Crippen LogP contribution in [0.4, 0.5) is 5.13 Å². The summed E-state index contributed by atoms with van der Waals surface area (Å²) in [6.45, 7) is 3.00. The van der Waals surface area contributed by atoms with Gasteiger partial charge in [0.05, 0.1) is 6.61 Å². The number of nitrogens with zero attached hydrogens (tertiary/aromatic N) is 2. The van der Waals surface area contributed by atoms with Crippen LogP contribution < -0.4 is 5.32 Å². The Hall–Kier alpha value is -0.680. The molecule has 1 saturated carbocycles. The molecule has 90 valence electrons. The van der Waals surface area contributed by atoms with Crippen LogP contribution in [0.5, 0.6) is 0 Å². The van der Waals surface area contributed by atoms with Gasteiger partial charge >= 0.3 is 0 Å². The van der Waals surface area contributed by atoms with Crippen molar-refractivity contribution >= 4 is 16.7 Å². The number of hydrogen-bond donors (Lipinski definition) is 1. The summed E-state index contributed by atoms with van der Waals surface area (Å²) in [7, 11) is 1.70. The predicted octanol–water partition coefficient (Wildman–Crippen LogP) is 2.33. The van der Waals surface area contributed by atoms with Crippen molar-refractivity contribution < 1.29 is 4.74 Å². The summed E-state index contributed by atoms with van der Waals surface area (Å²) in [5.41, 5.74) is 0. The van der Waals surface area contributed by atoms with E-state index in [1.54, 1.807) is 7.11 Å². The Morgan fingerprint density at radius 3 is 3.06 bits per heavy atom. The quantitative estimate of drug-likeness (QED) is 0.859. The van der Waals surface area contributed by atoms with E-state index in [0.29, 0.717) is 12.6 Å². The molecule has 0 radical (unpaired) electrons. The van der Waals surface area contributed by atoms with Crippen LogP contribution in [-0.2, 0) is 11.2 Å². The number of aromatic nitrogens is 2. The van der Waals surface area contributed by atoms with Crippen LogP contribution in [0.15, 0.2) is 0 Å². The Labute approximate surface area is 101 Å². The highest BCUT2D eigenvalue weighted by molar-refractivity contribution is 7.09. The molecule has 0 aliphatic heterocycles. The first-order valence-corrected chi connectivity index (χ1v) is 6.63. The number of ether oxygens (including phenoxy) is 1. The molecule has 1 fully saturated rings. The number of nitrogens with one attached hydrogen (secondary N) is 1. The Bertz CT molecular complexity index is 329. The van der Waals surface area contributed by atoms with Crippen molar-refractivity contribution in [3.05, 3.63) is 5.82 Å². The van der Waals surface area contributed by atoms with Gasteiger partial charge in [0.15, 0.2) is 0 Å². The molecule has 1 aromatic heterocycles. The fraction of sp³-hybridized carbons (Fsp3) is 0.818. The molecule has 2 atom stereocenters. The van der Waals surface area contributed by atoms with Gasteiger partial charge in [-0.3, -0.25) is 0 Å². The zero-order chi connectivity index (χ0) is 11.4. The molecule has 2 unspecified atom stereocenters. The maximum atomic E-state index is 5.01. The number of rotatable bonds is 5. The second kappa shape index (κ2) is 5.59. The molecule has 1 aliphatic carbocycles. The van der Waals surface area contributed by atoms with Gasteiger partial charge in [-0.25, -0.2) is 4.98 Å². The van der Waals surface area contributed by atoms with Crippen molar-refractivity contribution in [2.45, 2.75) is 38.6 Å². The van der Waals surface area contributed by atoms with E-state index < -0.39 is 0 Å². The molecule has 16 heavy (non-hydrogen) atoms. The molecule has 1 N–H and O–H groups in total. The third-order valence-electron chi connectivity index (χ3n) is 3.02. The third-order valence-corrected chi connectivity index (χ3v) is 3.70. The van der Waals surface area contributed by atoms with Crippen LogP contribution >= 0.6 is 11.5 Å². The highest BCUT2D eigenvalue weighted by Crippen LogP contribution is 2.27. The summed E-state index contributed by atoms with van der Waals surface area (Å²) in [4.78, 5) is 4.45. The minimum absolute atomic E-state index is 0.596. The van der Waals surface area contributed by atoms with Crippen LogP contribution in [-0.4, -0.2) is 29.1 Å². The van der Waals surface area contributed by atoms with E-state index in [2.05, 4.69) is 21.6 Å². The fourth-order valence-corrected chi connectivity index (χ4v) is 2.81. The van der Waals surface area contributed by atoms with Crippen molar-refractivity contribution in [2.75, 3.05) is 19.0 Å². The molecular weight excluding hydrogens is 222 g/mol. The van der Waals surface area contributed by atoms with Gasteiger partial charge in [-0.15, -0.1) is 0 Å². The van der Waals surface area contributed by atoms with Gasteiger partial charge in [-0.1, -0.05) is 6.92 Å². The van der Waals surface area contributed by atoms with Crippen LogP contribution in [0.2, 0.25) is 0 Å². The molecule has 0 spiro atoms. The minimum atomic E-state index is 0.596. The molecule has 1 heterocycles. The SMILES string of the molecule is COCCc1nsc(NC2CCC(C)C2)n1. The maximum Gasteiger partial charge on any atom is 0.202 e. The van der Waals surface area contributed by atoms with Crippen LogP contribution in [0.1, 0.15) is 32.0 Å². The number of hydrogen-bond acceptors (Lipinski definition) is 5. The van der Waals surface area contributed by atoms with E-state index in [9.17, 15) is 0 Å². The standard InChI is InChI=1S/C11H19N3OS/c1-8-3-4-9(7-8)12-11-13-10(14-16-11)5-6-15-2/h8-9H,3-7H2,1-2H3,(H,12,13,14). The predicted molar refractivity (Wildman–Crippen MR) is 65.9 cm³/mol. The van der Waals surface area contributed by atoms with Crippen LogP contribution in [0.25, 0.3) is 0 Å². The molecule has 5 heteroatoms. The van der Waals surface area contributed by atoms with E-state index in [1.165, 1.54) is 30.8 Å². The summed E-state index contributed by atoms with van der Waals surface area (Å²) >= 11 is 1.46. The number of anilines is 1. The summed E-state index contributed by atoms with van der Waals surface area (Å²) in [5, 5.41) is 4.44. The third kappa shape index (κ3) is 3.15. The van der Waals surface area contributed by atoms with Gasteiger partial charge in [0.25, 0.3) is 0 Å². The lowest BCUT2D eigenvalue weighted by atomic mass is 10.1. The lowest BCUT2D eigenvalue weighted by molar-refractivity contribution is 0.201. The van der Waals surface area contributed by atoms with Crippen molar-refractivity contribution in [2.24, 2.45) is 5.92 Å². The summed E-state index contributed by atoms with van der Waals surface area (Å²) < 4.78 is 9.31. The molecule has 0 saturated heterocycles. The Morgan fingerprint density at radius 1 is 1.50 bits per heavy atom. The molecule has 4 nitrogen and oxygen atoms in total. The van der Waals surface area contributed by atoms with E-state index in [4.69, 9.17) is 4.74 Å². The molecule has 1 aliphatic rings. The van der Waals surface area contributed by atoms with E-state index in [0.717, 1.165) is 23.3 Å². The van der Waals surface area contributed by atoms with Crippen molar-refractivity contribution in [3.63, 3.8) is 0 Å². The lowest BCUT2D eigenvalue weighted by Gasteiger charge is -2.09. The lowest BCUT2D eigenvalue weighted by Crippen LogP contribution is -2.15. The maximum absolute atomic E-state index is 5.01. The first-order chi connectivity index (χ1) is 7.78. The second-order valence-corrected chi connectivity index (χ2v) is 5.27. The van der Waals surface area contributed by atoms with Crippen molar-refractivity contribution in [1.82, 2.24) is 9.36 Å². The van der Waals surface area contributed by atoms with Gasteiger partial charge in [-0.05, 0) is 25.2 Å². The van der Waals surface area contributed by atoms with Crippen molar-refractivity contribution in [1.29, 1.82) is 0 Å². The molecule has 0 aromatic carbocycles. The average molecular weight is 241 g/mol. The summed E-state index contributed by atoms with van der Waals surface area (Å²) in [6.07, 6.45) is 4.64. The van der Waals surface area contributed by atoms with Gasteiger partial charge < -0.3 is 10.1 Å². The van der Waals surface area contributed by atoms with Crippen LogP contribution in [0, 0.1) is 5.92 Å². The number of methoxy groups -OCH3 is 1. The Morgan fingerprint density at radius 2 is 2.38 bits per heavy atom. The smallest absolute Gasteiger partial charge is 0.202 e. The largest absolute Gasteiger partial charge is 0.384 e. The van der Waals surface area contributed by atoms with Gasteiger partial charge in [0, 0.05) is 31.1 Å². The Balaban J connectivity index is 1.83. The molecule has 0 bridgehead atoms. The Kier molecular flexibility index (Phi) is 4.12. The van der Waals surface area contributed by atoms with E-state index in [1.807, 2.05) is 0 Å². The first kappa shape index (κ1) is 11.8.